The zero-order valence-corrected chi connectivity index (χ0v) is 11.1. The smallest absolute Gasteiger partial charge is 0.309 e. The van der Waals surface area contributed by atoms with E-state index in [-0.39, 0.29) is 29.5 Å². The lowest BCUT2D eigenvalue weighted by molar-refractivity contribution is -0.144. The minimum Gasteiger partial charge on any atom is -0.469 e. The molecule has 1 amide bonds. The number of carbonyl (C=O) groups excluding carboxylic acids is 2. The van der Waals surface area contributed by atoms with Crippen LogP contribution in [0, 0.1) is 5.92 Å². The Labute approximate surface area is 110 Å². The highest BCUT2D eigenvalue weighted by atomic mass is 32.2. The van der Waals surface area contributed by atoms with Crippen LogP contribution in [0.15, 0.2) is 18.5 Å². The van der Waals surface area contributed by atoms with Crippen molar-refractivity contribution in [1.29, 1.82) is 0 Å². The van der Waals surface area contributed by atoms with Gasteiger partial charge in [0.1, 0.15) is 0 Å². The van der Waals surface area contributed by atoms with Crippen molar-refractivity contribution in [2.24, 2.45) is 5.92 Å². The van der Waals surface area contributed by atoms with Crippen molar-refractivity contribution in [1.82, 2.24) is 9.97 Å². The molecule has 1 heterocycles. The quantitative estimate of drug-likeness (QED) is 0.775. The van der Waals surface area contributed by atoms with Crippen LogP contribution in [-0.2, 0) is 14.3 Å². The maximum atomic E-state index is 11.5. The van der Waals surface area contributed by atoms with E-state index < -0.39 is 0 Å². The third-order valence-corrected chi connectivity index (χ3v) is 3.22. The number of rotatable bonds is 6. The molecule has 0 saturated heterocycles. The van der Waals surface area contributed by atoms with E-state index in [1.807, 2.05) is 0 Å². The van der Waals surface area contributed by atoms with Crippen molar-refractivity contribution < 1.29 is 14.3 Å². The van der Waals surface area contributed by atoms with E-state index in [4.69, 9.17) is 0 Å². The third-order valence-electron chi connectivity index (χ3n) is 2.02. The van der Waals surface area contributed by atoms with Crippen LogP contribution in [0.4, 0.5) is 5.95 Å². The Hall–Kier alpha value is -1.63. The van der Waals surface area contributed by atoms with Gasteiger partial charge in [-0.25, -0.2) is 9.97 Å². The van der Waals surface area contributed by atoms with E-state index in [2.05, 4.69) is 20.0 Å². The standard InChI is InChI=1S/C11H15N3O3S/c1-8(10(16)17-2)6-18-7-9(15)14-11-12-4-3-5-13-11/h3-5,8H,6-7H2,1-2H3,(H,12,13,14,15). The summed E-state index contributed by atoms with van der Waals surface area (Å²) in [5.74, 6) is 0.387. The Morgan fingerprint density at radius 2 is 2.11 bits per heavy atom. The van der Waals surface area contributed by atoms with Crippen LogP contribution >= 0.6 is 11.8 Å². The van der Waals surface area contributed by atoms with Crippen molar-refractivity contribution in [3.05, 3.63) is 18.5 Å². The second-order valence-electron chi connectivity index (χ2n) is 3.56. The summed E-state index contributed by atoms with van der Waals surface area (Å²) in [6, 6.07) is 1.67. The average Bonchev–Trinajstić information content (AvgIpc) is 2.38. The number of thioether (sulfide) groups is 1. The number of carbonyl (C=O) groups is 2. The number of nitrogens with zero attached hydrogens (tertiary/aromatic N) is 2. The molecule has 0 aliphatic heterocycles. The van der Waals surface area contributed by atoms with Crippen LogP contribution in [-0.4, -0.2) is 40.5 Å². The molecule has 0 spiro atoms. The van der Waals surface area contributed by atoms with Gasteiger partial charge in [-0.3, -0.25) is 14.9 Å². The second kappa shape index (κ2) is 7.65. The lowest BCUT2D eigenvalue weighted by atomic mass is 10.2. The number of ether oxygens (including phenoxy) is 1. The van der Waals surface area contributed by atoms with Gasteiger partial charge in [0.25, 0.3) is 0 Å². The van der Waals surface area contributed by atoms with Gasteiger partial charge in [-0.15, -0.1) is 0 Å². The van der Waals surface area contributed by atoms with E-state index in [1.165, 1.54) is 18.9 Å². The molecular weight excluding hydrogens is 254 g/mol. The maximum absolute atomic E-state index is 11.5. The van der Waals surface area contributed by atoms with Gasteiger partial charge >= 0.3 is 5.97 Å². The van der Waals surface area contributed by atoms with Gasteiger partial charge in [0.15, 0.2) is 0 Å². The third kappa shape index (κ3) is 5.13. The molecule has 6 nitrogen and oxygen atoms in total. The van der Waals surface area contributed by atoms with E-state index in [9.17, 15) is 9.59 Å². The summed E-state index contributed by atoms with van der Waals surface area (Å²) in [4.78, 5) is 30.4. The summed E-state index contributed by atoms with van der Waals surface area (Å²) in [6.45, 7) is 1.76. The van der Waals surface area contributed by atoms with E-state index >= 15 is 0 Å². The van der Waals surface area contributed by atoms with Crippen LogP contribution in [0.3, 0.4) is 0 Å². The number of hydrogen-bond acceptors (Lipinski definition) is 6. The molecule has 1 aromatic rings. The van der Waals surface area contributed by atoms with Crippen molar-refractivity contribution in [3.8, 4) is 0 Å². The SMILES string of the molecule is COC(=O)C(C)CSCC(=O)Nc1ncccn1. The minimum absolute atomic E-state index is 0.191. The Morgan fingerprint density at radius 3 is 2.72 bits per heavy atom. The van der Waals surface area contributed by atoms with Gasteiger partial charge in [-0.05, 0) is 6.07 Å². The van der Waals surface area contributed by atoms with Gasteiger partial charge in [-0.1, -0.05) is 6.92 Å². The van der Waals surface area contributed by atoms with Crippen LogP contribution in [0.2, 0.25) is 0 Å². The highest BCUT2D eigenvalue weighted by Gasteiger charge is 2.13. The average molecular weight is 269 g/mol. The minimum atomic E-state index is -0.269. The second-order valence-corrected chi connectivity index (χ2v) is 4.59. The first kappa shape index (κ1) is 14.4. The summed E-state index contributed by atoms with van der Waals surface area (Å²) >= 11 is 1.36. The predicted octanol–water partition coefficient (Wildman–Crippen LogP) is 0.957. The fraction of sp³-hybridized carbons (Fsp3) is 0.455. The van der Waals surface area contributed by atoms with Gasteiger partial charge in [0.2, 0.25) is 11.9 Å². The van der Waals surface area contributed by atoms with Crippen LogP contribution in [0.1, 0.15) is 6.92 Å². The van der Waals surface area contributed by atoms with Crippen LogP contribution < -0.4 is 5.32 Å². The highest BCUT2D eigenvalue weighted by molar-refractivity contribution is 8.00. The van der Waals surface area contributed by atoms with E-state index in [0.29, 0.717) is 5.75 Å². The number of nitrogens with one attached hydrogen (secondary N) is 1. The zero-order chi connectivity index (χ0) is 13.4. The van der Waals surface area contributed by atoms with Gasteiger partial charge in [0, 0.05) is 18.1 Å². The van der Waals surface area contributed by atoms with Gasteiger partial charge in [-0.2, -0.15) is 11.8 Å². The summed E-state index contributed by atoms with van der Waals surface area (Å²) in [6.07, 6.45) is 3.10. The Balaban J connectivity index is 2.24. The molecule has 7 heteroatoms. The number of aromatic nitrogens is 2. The summed E-state index contributed by atoms with van der Waals surface area (Å²) in [5.41, 5.74) is 0. The first-order chi connectivity index (χ1) is 8.63. The van der Waals surface area contributed by atoms with Crippen molar-refractivity contribution in [3.63, 3.8) is 0 Å². The van der Waals surface area contributed by atoms with E-state index in [1.54, 1.807) is 25.4 Å². The molecule has 18 heavy (non-hydrogen) atoms. The first-order valence-electron chi connectivity index (χ1n) is 5.36. The van der Waals surface area contributed by atoms with Crippen molar-refractivity contribution in [2.45, 2.75) is 6.92 Å². The maximum Gasteiger partial charge on any atom is 0.309 e. The molecule has 0 bridgehead atoms. The molecular formula is C11H15N3O3S. The number of hydrogen-bond donors (Lipinski definition) is 1. The molecule has 1 unspecified atom stereocenters. The zero-order valence-electron chi connectivity index (χ0n) is 10.3. The van der Waals surface area contributed by atoms with E-state index in [0.717, 1.165) is 0 Å². The Morgan fingerprint density at radius 1 is 1.44 bits per heavy atom. The van der Waals surface area contributed by atoms with Crippen LogP contribution in [0.25, 0.3) is 0 Å². The lowest BCUT2D eigenvalue weighted by Crippen LogP contribution is -2.19. The summed E-state index contributed by atoms with van der Waals surface area (Å²) in [5, 5.41) is 2.56. The number of amides is 1. The molecule has 0 fully saturated rings. The van der Waals surface area contributed by atoms with Crippen LogP contribution in [0.5, 0.6) is 0 Å². The molecule has 1 atom stereocenters. The topological polar surface area (TPSA) is 81.2 Å². The monoisotopic (exact) mass is 269 g/mol. The van der Waals surface area contributed by atoms with Gasteiger partial charge in [0.05, 0.1) is 18.8 Å². The molecule has 0 aliphatic rings. The molecule has 0 saturated carbocycles. The molecule has 0 radical (unpaired) electrons. The lowest BCUT2D eigenvalue weighted by Gasteiger charge is -2.08. The van der Waals surface area contributed by atoms with Gasteiger partial charge < -0.3 is 4.74 Å². The highest BCUT2D eigenvalue weighted by Crippen LogP contribution is 2.10. The van der Waals surface area contributed by atoms with Crippen molar-refractivity contribution >= 4 is 29.6 Å². The predicted molar refractivity (Wildman–Crippen MR) is 69.2 cm³/mol. The van der Waals surface area contributed by atoms with Crippen molar-refractivity contribution in [2.75, 3.05) is 23.9 Å². The fourth-order valence-electron chi connectivity index (χ4n) is 1.12. The summed E-state index contributed by atoms with van der Waals surface area (Å²) < 4.78 is 4.59. The summed E-state index contributed by atoms with van der Waals surface area (Å²) in [7, 11) is 1.35. The Bertz CT molecular complexity index is 400. The normalized spacial score (nSPS) is 11.7. The Kier molecular flexibility index (Phi) is 6.13. The number of anilines is 1. The molecule has 1 aromatic heterocycles. The largest absolute Gasteiger partial charge is 0.469 e. The number of methoxy groups -OCH3 is 1. The molecule has 0 aliphatic carbocycles. The fourth-order valence-corrected chi connectivity index (χ4v) is 1.99. The molecule has 98 valence electrons. The molecule has 1 N–H and O–H groups in total. The molecule has 0 aromatic carbocycles. The number of esters is 1. The first-order valence-corrected chi connectivity index (χ1v) is 6.51. The molecule has 1 rings (SSSR count).